The van der Waals surface area contributed by atoms with E-state index in [4.69, 9.17) is 15.6 Å². The Hall–Kier alpha value is -2.59. The van der Waals surface area contributed by atoms with E-state index < -0.39 is 5.97 Å². The van der Waals surface area contributed by atoms with Gasteiger partial charge in [-0.2, -0.15) is 0 Å². The van der Waals surface area contributed by atoms with Gasteiger partial charge in [0.25, 0.3) is 0 Å². The number of aliphatic carboxylic acids is 1. The molecule has 1 aliphatic rings. The van der Waals surface area contributed by atoms with Crippen LogP contribution >= 0.6 is 0 Å². The lowest BCUT2D eigenvalue weighted by atomic mass is 9.93. The lowest BCUT2D eigenvalue weighted by molar-refractivity contribution is -0.137. The van der Waals surface area contributed by atoms with Crippen molar-refractivity contribution in [2.24, 2.45) is 11.7 Å². The molecule has 4 nitrogen and oxygen atoms in total. The van der Waals surface area contributed by atoms with Gasteiger partial charge in [-0.1, -0.05) is 37.3 Å². The van der Waals surface area contributed by atoms with Crippen LogP contribution in [0.5, 0.6) is 5.75 Å². The van der Waals surface area contributed by atoms with E-state index in [1.165, 1.54) is 0 Å². The molecule has 0 saturated carbocycles. The molecule has 4 heteroatoms. The Morgan fingerprint density at radius 2 is 1.92 bits per heavy atom. The normalized spacial score (nSPS) is 14.3. The highest BCUT2D eigenvalue weighted by Crippen LogP contribution is 2.33. The number of fused-ring (bicyclic) bond motifs is 1. The Kier molecular flexibility index (Phi) is 4.67. The van der Waals surface area contributed by atoms with Gasteiger partial charge in [0.15, 0.2) is 0 Å². The average Bonchev–Trinajstić information content (AvgIpc) is 2.60. The van der Waals surface area contributed by atoms with E-state index in [9.17, 15) is 4.79 Å². The van der Waals surface area contributed by atoms with Crippen molar-refractivity contribution in [2.45, 2.75) is 19.9 Å². The van der Waals surface area contributed by atoms with E-state index >= 15 is 0 Å². The van der Waals surface area contributed by atoms with Crippen LogP contribution in [0, 0.1) is 5.92 Å². The monoisotopic (exact) mass is 323 g/mol. The summed E-state index contributed by atoms with van der Waals surface area (Å²) in [6.07, 6.45) is 2.18. The number of ether oxygens (including phenoxy) is 1. The summed E-state index contributed by atoms with van der Waals surface area (Å²) < 4.78 is 5.79. The quantitative estimate of drug-likeness (QED) is 0.880. The number of hydrogen-bond acceptors (Lipinski definition) is 3. The Labute approximate surface area is 141 Å². The summed E-state index contributed by atoms with van der Waals surface area (Å²) in [6.45, 7) is 2.90. The van der Waals surface area contributed by atoms with Crippen LogP contribution in [0.2, 0.25) is 0 Å². The second kappa shape index (κ2) is 6.89. The number of carboxylic acid groups (broad SMARTS) is 1. The summed E-state index contributed by atoms with van der Waals surface area (Å²) in [5, 5.41) is 8.97. The van der Waals surface area contributed by atoms with Crippen LogP contribution in [-0.2, 0) is 11.3 Å². The first-order valence-electron chi connectivity index (χ1n) is 8.05. The van der Waals surface area contributed by atoms with Crippen LogP contribution < -0.4 is 10.5 Å². The molecule has 0 radical (unpaired) electrons. The number of carboxylic acids is 1. The van der Waals surface area contributed by atoms with Gasteiger partial charge in [0.2, 0.25) is 0 Å². The minimum Gasteiger partial charge on any atom is -0.489 e. The second-order valence-electron chi connectivity index (χ2n) is 6.16. The third-order valence-electron chi connectivity index (χ3n) is 4.38. The highest BCUT2D eigenvalue weighted by atomic mass is 16.5. The molecule has 0 amide bonds. The van der Waals surface area contributed by atoms with Crippen LogP contribution in [-0.4, -0.2) is 17.7 Å². The van der Waals surface area contributed by atoms with Crippen molar-refractivity contribution in [3.63, 3.8) is 0 Å². The van der Waals surface area contributed by atoms with E-state index in [-0.39, 0.29) is 12.3 Å². The van der Waals surface area contributed by atoms with Crippen LogP contribution in [0.25, 0.3) is 17.2 Å². The smallest absolute Gasteiger partial charge is 0.303 e. The average molecular weight is 323 g/mol. The maximum Gasteiger partial charge on any atom is 0.303 e. The van der Waals surface area contributed by atoms with Gasteiger partial charge in [0, 0.05) is 12.1 Å². The molecule has 2 aromatic carbocycles. The third kappa shape index (κ3) is 3.49. The fraction of sp³-hybridized carbons (Fsp3) is 0.250. The van der Waals surface area contributed by atoms with Crippen molar-refractivity contribution in [3.8, 4) is 16.9 Å². The van der Waals surface area contributed by atoms with Gasteiger partial charge in [-0.05, 0) is 46.4 Å². The maximum atomic E-state index is 10.9. The molecule has 3 N–H and O–H groups in total. The van der Waals surface area contributed by atoms with Crippen LogP contribution in [0.15, 0.2) is 48.0 Å². The molecule has 1 aliphatic heterocycles. The Bertz CT molecular complexity index is 778. The van der Waals surface area contributed by atoms with Gasteiger partial charge >= 0.3 is 5.97 Å². The molecule has 1 atom stereocenters. The molecule has 2 aromatic rings. The summed E-state index contributed by atoms with van der Waals surface area (Å²) >= 11 is 0. The number of rotatable bonds is 5. The van der Waals surface area contributed by atoms with Crippen molar-refractivity contribution in [2.75, 3.05) is 6.61 Å². The zero-order valence-corrected chi connectivity index (χ0v) is 13.7. The van der Waals surface area contributed by atoms with Gasteiger partial charge in [0.05, 0.1) is 6.42 Å². The lowest BCUT2D eigenvalue weighted by Gasteiger charge is -2.22. The summed E-state index contributed by atoms with van der Waals surface area (Å²) in [4.78, 5) is 10.9. The van der Waals surface area contributed by atoms with Crippen molar-refractivity contribution >= 4 is 12.0 Å². The van der Waals surface area contributed by atoms with E-state index in [0.717, 1.165) is 33.6 Å². The third-order valence-corrected chi connectivity index (χ3v) is 4.38. The highest BCUT2D eigenvalue weighted by Gasteiger charge is 2.19. The van der Waals surface area contributed by atoms with Gasteiger partial charge < -0.3 is 15.6 Å². The Morgan fingerprint density at radius 3 is 2.58 bits per heavy atom. The molecule has 1 heterocycles. The highest BCUT2D eigenvalue weighted by molar-refractivity contribution is 5.73. The molecule has 1 unspecified atom stereocenters. The summed E-state index contributed by atoms with van der Waals surface area (Å²) in [7, 11) is 0. The summed E-state index contributed by atoms with van der Waals surface area (Å²) in [5.74, 6) is 0.00897. The minimum atomic E-state index is -0.789. The van der Waals surface area contributed by atoms with Crippen molar-refractivity contribution < 1.29 is 14.6 Å². The van der Waals surface area contributed by atoms with Crippen LogP contribution in [0.4, 0.5) is 0 Å². The fourth-order valence-corrected chi connectivity index (χ4v) is 2.89. The Balaban J connectivity index is 1.90. The predicted molar refractivity (Wildman–Crippen MR) is 94.7 cm³/mol. The maximum absolute atomic E-state index is 10.9. The lowest BCUT2D eigenvalue weighted by Crippen LogP contribution is -2.15. The topological polar surface area (TPSA) is 72.5 Å². The van der Waals surface area contributed by atoms with Gasteiger partial charge in [0.1, 0.15) is 12.4 Å². The fourth-order valence-electron chi connectivity index (χ4n) is 2.89. The van der Waals surface area contributed by atoms with Crippen molar-refractivity contribution in [1.82, 2.24) is 0 Å². The first kappa shape index (κ1) is 16.3. The van der Waals surface area contributed by atoms with E-state index in [0.29, 0.717) is 13.2 Å². The second-order valence-corrected chi connectivity index (χ2v) is 6.16. The SMILES string of the molecule is CC(CC(=O)O)C1=Cc2cc(-c3ccc(CN)cc3)ccc2OC1. The van der Waals surface area contributed by atoms with E-state index in [1.807, 2.05) is 31.2 Å². The molecule has 0 saturated heterocycles. The largest absolute Gasteiger partial charge is 0.489 e. The van der Waals surface area contributed by atoms with Crippen LogP contribution in [0.1, 0.15) is 24.5 Å². The molecule has 3 rings (SSSR count). The molecule has 0 bridgehead atoms. The summed E-state index contributed by atoms with van der Waals surface area (Å²) in [6, 6.07) is 14.3. The van der Waals surface area contributed by atoms with Crippen LogP contribution in [0.3, 0.4) is 0 Å². The molecular weight excluding hydrogens is 302 g/mol. The molecular formula is C20H21NO3. The molecule has 124 valence electrons. The standard InChI is InChI=1S/C20H21NO3/c1-13(8-20(22)23)18-10-17-9-16(6-7-19(17)24-12-18)15-4-2-14(11-21)3-5-15/h2-7,9-10,13H,8,11-12,21H2,1H3,(H,22,23). The molecule has 0 fully saturated rings. The number of nitrogens with two attached hydrogens (primary N) is 1. The molecule has 0 spiro atoms. The van der Waals surface area contributed by atoms with Gasteiger partial charge in [-0.15, -0.1) is 0 Å². The van der Waals surface area contributed by atoms with E-state index in [1.54, 1.807) is 0 Å². The van der Waals surface area contributed by atoms with Crippen molar-refractivity contribution in [3.05, 3.63) is 59.2 Å². The van der Waals surface area contributed by atoms with Crippen molar-refractivity contribution in [1.29, 1.82) is 0 Å². The minimum absolute atomic E-state index is 0.0388. The number of hydrogen-bond donors (Lipinski definition) is 2. The molecule has 24 heavy (non-hydrogen) atoms. The van der Waals surface area contributed by atoms with Gasteiger partial charge in [-0.25, -0.2) is 0 Å². The molecule has 0 aromatic heterocycles. The first-order chi connectivity index (χ1) is 11.6. The Morgan fingerprint density at radius 1 is 1.21 bits per heavy atom. The predicted octanol–water partition coefficient (Wildman–Crippen LogP) is 3.70. The van der Waals surface area contributed by atoms with E-state index in [2.05, 4.69) is 24.3 Å². The van der Waals surface area contributed by atoms with Gasteiger partial charge in [-0.3, -0.25) is 4.79 Å². The number of benzene rings is 2. The molecule has 0 aliphatic carbocycles. The zero-order chi connectivity index (χ0) is 17.1. The first-order valence-corrected chi connectivity index (χ1v) is 8.05. The number of carbonyl (C=O) groups is 1. The summed E-state index contributed by atoms with van der Waals surface area (Å²) in [5.41, 5.74) is 11.0. The zero-order valence-electron chi connectivity index (χ0n) is 13.7.